The molecule has 1 aromatic heterocycles. The maximum Gasteiger partial charge on any atom is 0.410 e. The number of alkyl halides is 2. The van der Waals surface area contributed by atoms with Crippen molar-refractivity contribution in [3.05, 3.63) is 78.1 Å². The predicted molar refractivity (Wildman–Crippen MR) is 144 cm³/mol. The second-order valence-electron chi connectivity index (χ2n) is 10.4. The standard InChI is InChI=1S/C28H34F2N6O2/c1-27(2,3)38-26(37)35-15-14-22(28(29,30)18-35)34-24-23(31)25(33-19-32-24)36(16-20-10-6-4-7-11-20)17-21-12-8-5-9-13-21/h4-13,19,22H,14-18,31H2,1-3H3,(H,32,33,34)/t22-/m1/s1. The molecule has 1 aliphatic heterocycles. The first-order valence-electron chi connectivity index (χ1n) is 12.6. The summed E-state index contributed by atoms with van der Waals surface area (Å²) < 4.78 is 35.6. The first-order valence-corrected chi connectivity index (χ1v) is 12.6. The number of ether oxygens (including phenoxy) is 1. The van der Waals surface area contributed by atoms with Gasteiger partial charge in [0.1, 0.15) is 17.6 Å². The Morgan fingerprint density at radius 1 is 1.08 bits per heavy atom. The molecule has 38 heavy (non-hydrogen) atoms. The SMILES string of the molecule is CC(C)(C)OC(=O)N1CC[C@@H](Nc2ncnc(N(Cc3ccccc3)Cc3ccccc3)c2N)C(F)(F)C1. The second kappa shape index (κ2) is 11.2. The number of rotatable bonds is 7. The molecule has 0 radical (unpaired) electrons. The predicted octanol–water partition coefficient (Wildman–Crippen LogP) is 5.32. The van der Waals surface area contributed by atoms with Crippen LogP contribution in [0.4, 0.5) is 30.9 Å². The maximum absolute atomic E-state index is 15.2. The van der Waals surface area contributed by atoms with Crippen LogP contribution < -0.4 is 16.0 Å². The summed E-state index contributed by atoms with van der Waals surface area (Å²) >= 11 is 0. The van der Waals surface area contributed by atoms with Crippen LogP contribution in [0.2, 0.25) is 0 Å². The lowest BCUT2D eigenvalue weighted by atomic mass is 10.0. The van der Waals surface area contributed by atoms with E-state index in [0.717, 1.165) is 16.0 Å². The van der Waals surface area contributed by atoms with Gasteiger partial charge in [0.05, 0.1) is 12.6 Å². The average Bonchev–Trinajstić information content (AvgIpc) is 2.86. The summed E-state index contributed by atoms with van der Waals surface area (Å²) in [6.45, 7) is 5.49. The minimum absolute atomic E-state index is 0.00274. The molecule has 0 spiro atoms. The van der Waals surface area contributed by atoms with Gasteiger partial charge in [-0.3, -0.25) is 0 Å². The Balaban J connectivity index is 1.54. The number of halogens is 2. The number of benzene rings is 2. The third-order valence-corrected chi connectivity index (χ3v) is 6.16. The molecule has 8 nitrogen and oxygen atoms in total. The van der Waals surface area contributed by atoms with Crippen molar-refractivity contribution in [1.29, 1.82) is 0 Å². The number of carbonyl (C=O) groups excluding carboxylic acids is 1. The van der Waals surface area contributed by atoms with Gasteiger partial charge in [0, 0.05) is 19.6 Å². The van der Waals surface area contributed by atoms with E-state index in [1.807, 2.05) is 65.6 Å². The molecule has 0 aliphatic carbocycles. The van der Waals surface area contributed by atoms with Gasteiger partial charge in [-0.1, -0.05) is 60.7 Å². The number of aromatic nitrogens is 2. The first-order chi connectivity index (χ1) is 18.0. The Labute approximate surface area is 221 Å². The van der Waals surface area contributed by atoms with Gasteiger partial charge in [-0.05, 0) is 38.3 Å². The highest BCUT2D eigenvalue weighted by atomic mass is 19.3. The second-order valence-corrected chi connectivity index (χ2v) is 10.4. The molecule has 0 unspecified atom stereocenters. The van der Waals surface area contributed by atoms with Crippen molar-refractivity contribution >= 4 is 23.4 Å². The summed E-state index contributed by atoms with van der Waals surface area (Å²) in [6, 6.07) is 18.5. The van der Waals surface area contributed by atoms with Crippen molar-refractivity contribution < 1.29 is 18.3 Å². The molecule has 0 saturated carbocycles. The fraction of sp³-hybridized carbons (Fsp3) is 0.393. The number of amides is 1. The minimum atomic E-state index is -3.22. The van der Waals surface area contributed by atoms with Crippen molar-refractivity contribution in [3.8, 4) is 0 Å². The van der Waals surface area contributed by atoms with Gasteiger partial charge in [0.15, 0.2) is 11.6 Å². The van der Waals surface area contributed by atoms with Crippen molar-refractivity contribution in [2.45, 2.75) is 57.8 Å². The van der Waals surface area contributed by atoms with E-state index >= 15 is 8.78 Å². The topological polar surface area (TPSA) is 96.6 Å². The highest BCUT2D eigenvalue weighted by Crippen LogP contribution is 2.34. The zero-order valence-corrected chi connectivity index (χ0v) is 21.9. The van der Waals surface area contributed by atoms with Crippen LogP contribution in [0.5, 0.6) is 0 Å². The Morgan fingerprint density at radius 2 is 1.66 bits per heavy atom. The number of carbonyl (C=O) groups is 1. The third kappa shape index (κ3) is 6.87. The Hall–Kier alpha value is -3.95. The molecule has 2 heterocycles. The van der Waals surface area contributed by atoms with E-state index in [1.54, 1.807) is 20.8 Å². The van der Waals surface area contributed by atoms with E-state index < -0.39 is 30.2 Å². The van der Waals surface area contributed by atoms with Crippen LogP contribution in [-0.4, -0.2) is 51.6 Å². The lowest BCUT2D eigenvalue weighted by molar-refractivity contribution is -0.0770. The normalized spacial score (nSPS) is 17.1. The fourth-order valence-corrected chi connectivity index (χ4v) is 4.33. The van der Waals surface area contributed by atoms with Crippen LogP contribution >= 0.6 is 0 Å². The summed E-state index contributed by atoms with van der Waals surface area (Å²) in [7, 11) is 0. The quantitative estimate of drug-likeness (QED) is 0.432. The van der Waals surface area contributed by atoms with E-state index in [4.69, 9.17) is 10.5 Å². The zero-order chi connectivity index (χ0) is 27.3. The number of nitrogens with zero attached hydrogens (tertiary/aromatic N) is 4. The lowest BCUT2D eigenvalue weighted by Gasteiger charge is -2.39. The molecule has 202 valence electrons. The van der Waals surface area contributed by atoms with Crippen LogP contribution in [-0.2, 0) is 17.8 Å². The molecule has 1 atom stereocenters. The molecule has 1 aliphatic rings. The fourth-order valence-electron chi connectivity index (χ4n) is 4.33. The Kier molecular flexibility index (Phi) is 7.99. The van der Waals surface area contributed by atoms with Crippen molar-refractivity contribution in [1.82, 2.24) is 14.9 Å². The smallest absolute Gasteiger partial charge is 0.410 e. The number of hydrogen-bond acceptors (Lipinski definition) is 7. The van der Waals surface area contributed by atoms with Gasteiger partial charge in [0.2, 0.25) is 0 Å². The molecule has 0 bridgehead atoms. The van der Waals surface area contributed by atoms with E-state index in [9.17, 15) is 4.79 Å². The number of nitrogen functional groups attached to an aromatic ring is 1. The van der Waals surface area contributed by atoms with Gasteiger partial charge < -0.3 is 25.6 Å². The van der Waals surface area contributed by atoms with Gasteiger partial charge in [-0.2, -0.15) is 0 Å². The molecule has 3 N–H and O–H groups in total. The van der Waals surface area contributed by atoms with E-state index in [2.05, 4.69) is 15.3 Å². The summed E-state index contributed by atoms with van der Waals surface area (Å²) in [4.78, 5) is 24.0. The largest absolute Gasteiger partial charge is 0.444 e. The summed E-state index contributed by atoms with van der Waals surface area (Å²) in [5.74, 6) is -2.64. The molecule has 10 heteroatoms. The van der Waals surface area contributed by atoms with Gasteiger partial charge >= 0.3 is 6.09 Å². The van der Waals surface area contributed by atoms with Crippen LogP contribution in [0.1, 0.15) is 38.3 Å². The lowest BCUT2D eigenvalue weighted by Crippen LogP contribution is -2.56. The third-order valence-electron chi connectivity index (χ3n) is 6.16. The van der Waals surface area contributed by atoms with Gasteiger partial charge in [-0.25, -0.2) is 23.5 Å². The van der Waals surface area contributed by atoms with Crippen LogP contribution in [0, 0.1) is 0 Å². The molecule has 1 saturated heterocycles. The number of likely N-dealkylation sites (tertiary alicyclic amines) is 1. The molecule has 4 rings (SSSR count). The highest BCUT2D eigenvalue weighted by Gasteiger charge is 2.47. The van der Waals surface area contributed by atoms with E-state index in [1.165, 1.54) is 6.33 Å². The van der Waals surface area contributed by atoms with E-state index in [-0.39, 0.29) is 24.5 Å². The Morgan fingerprint density at radius 3 is 2.18 bits per heavy atom. The van der Waals surface area contributed by atoms with Crippen LogP contribution in [0.3, 0.4) is 0 Å². The number of anilines is 3. The molecule has 1 fully saturated rings. The monoisotopic (exact) mass is 524 g/mol. The maximum atomic E-state index is 15.2. The molecule has 2 aromatic carbocycles. The number of piperidine rings is 1. The van der Waals surface area contributed by atoms with Crippen LogP contribution in [0.25, 0.3) is 0 Å². The molecule has 1 amide bonds. The Bertz CT molecular complexity index is 1180. The van der Waals surface area contributed by atoms with E-state index in [0.29, 0.717) is 18.9 Å². The van der Waals surface area contributed by atoms with Crippen molar-refractivity contribution in [3.63, 3.8) is 0 Å². The molecular formula is C28H34F2N6O2. The molecular weight excluding hydrogens is 490 g/mol. The van der Waals surface area contributed by atoms with Gasteiger partial charge in [-0.15, -0.1) is 0 Å². The minimum Gasteiger partial charge on any atom is -0.444 e. The first kappa shape index (κ1) is 27.1. The zero-order valence-electron chi connectivity index (χ0n) is 21.9. The van der Waals surface area contributed by atoms with Crippen molar-refractivity contribution in [2.24, 2.45) is 0 Å². The van der Waals surface area contributed by atoms with Crippen molar-refractivity contribution in [2.75, 3.05) is 29.0 Å². The number of nitrogens with two attached hydrogens (primary N) is 1. The average molecular weight is 525 g/mol. The summed E-state index contributed by atoms with van der Waals surface area (Å²) in [6.07, 6.45) is 0.574. The van der Waals surface area contributed by atoms with Gasteiger partial charge in [0.25, 0.3) is 5.92 Å². The van der Waals surface area contributed by atoms with Crippen LogP contribution in [0.15, 0.2) is 67.0 Å². The molecule has 3 aromatic rings. The highest BCUT2D eigenvalue weighted by molar-refractivity contribution is 5.75. The summed E-state index contributed by atoms with van der Waals surface area (Å²) in [5.41, 5.74) is 8.01. The number of hydrogen-bond donors (Lipinski definition) is 2. The number of nitrogens with one attached hydrogen (secondary N) is 1. The summed E-state index contributed by atoms with van der Waals surface area (Å²) in [5, 5.41) is 2.84.